The highest BCUT2D eigenvalue weighted by Crippen LogP contribution is 2.39. The summed E-state index contributed by atoms with van der Waals surface area (Å²) >= 11 is 5.78. The van der Waals surface area contributed by atoms with Crippen LogP contribution in [0.15, 0.2) is 12.3 Å². The van der Waals surface area contributed by atoms with Gasteiger partial charge in [0.2, 0.25) is 0 Å². The SMILES string of the molecule is CCn1nc(C(=O)NC[C@@H]2CC[C@@H](C)C[C@H]2O)c(Cl)c1-c1cnc(NC(C)(C)CC(F)(F)F)cc1OC(F)F.O=S=O. The van der Waals surface area contributed by atoms with E-state index in [0.717, 1.165) is 25.1 Å². The summed E-state index contributed by atoms with van der Waals surface area (Å²) in [5.74, 6) is -0.849. The first-order chi connectivity index (χ1) is 19.5. The summed E-state index contributed by atoms with van der Waals surface area (Å²) in [4.78, 5) is 17.0. The Morgan fingerprint density at radius 3 is 2.48 bits per heavy atom. The van der Waals surface area contributed by atoms with Gasteiger partial charge >= 0.3 is 24.4 Å². The second kappa shape index (κ2) is 15.0. The number of nitrogens with one attached hydrogen (secondary N) is 2. The first-order valence-electron chi connectivity index (χ1n) is 13.0. The highest BCUT2D eigenvalue weighted by Gasteiger charge is 2.37. The molecule has 0 saturated heterocycles. The van der Waals surface area contributed by atoms with Gasteiger partial charge in [0.1, 0.15) is 11.6 Å². The molecule has 1 fully saturated rings. The third-order valence-electron chi connectivity index (χ3n) is 6.60. The highest BCUT2D eigenvalue weighted by molar-refractivity contribution is 7.51. The number of ether oxygens (including phenoxy) is 1. The molecule has 42 heavy (non-hydrogen) atoms. The van der Waals surface area contributed by atoms with Crippen LogP contribution in [-0.2, 0) is 18.1 Å². The highest BCUT2D eigenvalue weighted by atomic mass is 35.5. The minimum absolute atomic E-state index is 0.0235. The summed E-state index contributed by atoms with van der Waals surface area (Å²) in [5, 5.41) is 19.8. The second-order valence-corrected chi connectivity index (χ2v) is 11.1. The molecule has 2 aromatic rings. The van der Waals surface area contributed by atoms with Crippen LogP contribution in [0.3, 0.4) is 0 Å². The first kappa shape index (κ1) is 35.3. The summed E-state index contributed by atoms with van der Waals surface area (Å²) < 4.78 is 88.0. The largest absolute Gasteiger partial charge is 0.434 e. The van der Waals surface area contributed by atoms with Crippen LogP contribution in [0.25, 0.3) is 11.3 Å². The Morgan fingerprint density at radius 2 is 1.93 bits per heavy atom. The number of amides is 1. The second-order valence-electron chi connectivity index (χ2n) is 10.6. The topological polar surface area (TPSA) is 135 Å². The number of pyridine rings is 1. The molecule has 1 aliphatic rings. The zero-order valence-electron chi connectivity index (χ0n) is 23.3. The fraction of sp³-hybridized carbons (Fsp3) is 0.640. The van der Waals surface area contributed by atoms with Crippen LogP contribution in [-0.4, -0.2) is 65.2 Å². The number of carbonyl (C=O) groups is 1. The van der Waals surface area contributed by atoms with Gasteiger partial charge in [0.15, 0.2) is 5.69 Å². The lowest BCUT2D eigenvalue weighted by molar-refractivity contribution is -0.142. The number of carbonyl (C=O) groups excluding carboxylic acids is 1. The maximum atomic E-state index is 13.3. The number of anilines is 1. The van der Waals surface area contributed by atoms with E-state index in [1.165, 1.54) is 18.5 Å². The Balaban J connectivity index is 0.00000197. The molecular weight excluding hydrogens is 613 g/mol. The van der Waals surface area contributed by atoms with Gasteiger partial charge < -0.3 is 20.5 Å². The molecule has 1 amide bonds. The molecule has 0 spiro atoms. The smallest absolute Gasteiger partial charge is 0.391 e. The van der Waals surface area contributed by atoms with Gasteiger partial charge in [-0.3, -0.25) is 9.48 Å². The van der Waals surface area contributed by atoms with Crippen molar-refractivity contribution in [3.05, 3.63) is 23.0 Å². The molecule has 0 aromatic carbocycles. The zero-order valence-corrected chi connectivity index (χ0v) is 24.9. The van der Waals surface area contributed by atoms with Crippen LogP contribution in [0.1, 0.15) is 63.9 Å². The van der Waals surface area contributed by atoms with E-state index in [1.54, 1.807) is 6.92 Å². The molecule has 3 atom stereocenters. The molecule has 2 heterocycles. The zero-order chi connectivity index (χ0) is 31.8. The molecule has 3 rings (SSSR count). The molecule has 3 N–H and O–H groups in total. The number of aliphatic hydroxyl groups excluding tert-OH is 1. The van der Waals surface area contributed by atoms with Crippen molar-refractivity contribution in [2.75, 3.05) is 11.9 Å². The monoisotopic (exact) mass is 645 g/mol. The molecule has 0 unspecified atom stereocenters. The quantitative estimate of drug-likeness (QED) is 0.300. The van der Waals surface area contributed by atoms with Crippen molar-refractivity contribution in [1.82, 2.24) is 20.1 Å². The average molecular weight is 646 g/mol. The van der Waals surface area contributed by atoms with Crippen LogP contribution in [0.4, 0.5) is 27.8 Å². The predicted octanol–water partition coefficient (Wildman–Crippen LogP) is 5.22. The van der Waals surface area contributed by atoms with E-state index < -0.39 is 54.1 Å². The third-order valence-corrected chi connectivity index (χ3v) is 6.96. The third kappa shape index (κ3) is 10.2. The summed E-state index contributed by atoms with van der Waals surface area (Å²) in [6.07, 6.45) is -2.74. The van der Waals surface area contributed by atoms with Gasteiger partial charge in [-0.2, -0.15) is 35.5 Å². The van der Waals surface area contributed by atoms with E-state index in [1.807, 2.05) is 0 Å². The molecule has 0 radical (unpaired) electrons. The van der Waals surface area contributed by atoms with E-state index in [4.69, 9.17) is 20.0 Å². The summed E-state index contributed by atoms with van der Waals surface area (Å²) in [6, 6.07) is 1.05. The van der Waals surface area contributed by atoms with Crippen molar-refractivity contribution in [3.63, 3.8) is 0 Å². The van der Waals surface area contributed by atoms with Crippen molar-refractivity contribution >= 4 is 34.9 Å². The molecule has 17 heteroatoms. The van der Waals surface area contributed by atoms with Crippen LogP contribution < -0.4 is 15.4 Å². The minimum Gasteiger partial charge on any atom is -0.434 e. The summed E-state index contributed by atoms with van der Waals surface area (Å²) in [6.45, 7) is 3.51. The van der Waals surface area contributed by atoms with Gasteiger partial charge in [-0.15, -0.1) is 0 Å². The Hall–Kier alpha value is -2.85. The van der Waals surface area contributed by atoms with Gasteiger partial charge in [0.05, 0.1) is 28.8 Å². The number of alkyl halides is 5. The van der Waals surface area contributed by atoms with Gasteiger partial charge in [0.25, 0.3) is 5.91 Å². The fourth-order valence-corrected chi connectivity index (χ4v) is 5.12. The lowest BCUT2D eigenvalue weighted by Gasteiger charge is -2.31. The Bertz CT molecular complexity index is 1260. The summed E-state index contributed by atoms with van der Waals surface area (Å²) in [7, 11) is 0. The Kier molecular flexibility index (Phi) is 12.7. The van der Waals surface area contributed by atoms with E-state index in [2.05, 4.69) is 32.4 Å². The lowest BCUT2D eigenvalue weighted by Crippen LogP contribution is -2.38. The number of aryl methyl sites for hydroxylation is 1. The van der Waals surface area contributed by atoms with Gasteiger partial charge in [-0.25, -0.2) is 4.98 Å². The molecule has 10 nitrogen and oxygen atoms in total. The van der Waals surface area contributed by atoms with Gasteiger partial charge in [0, 0.05) is 36.8 Å². The average Bonchev–Trinajstić information content (AvgIpc) is 3.18. The predicted molar refractivity (Wildman–Crippen MR) is 145 cm³/mol. The van der Waals surface area contributed by atoms with Gasteiger partial charge in [-0.05, 0) is 39.5 Å². The molecule has 236 valence electrons. The number of nitrogens with zero attached hydrogens (tertiary/aromatic N) is 3. The lowest BCUT2D eigenvalue weighted by atomic mass is 9.81. The maximum Gasteiger partial charge on any atom is 0.391 e. The first-order valence-corrected chi connectivity index (χ1v) is 14.0. The Morgan fingerprint density at radius 1 is 1.29 bits per heavy atom. The van der Waals surface area contributed by atoms with Crippen LogP contribution >= 0.6 is 11.6 Å². The number of hydrogen-bond donors (Lipinski definition) is 3. The Labute approximate surface area is 248 Å². The summed E-state index contributed by atoms with van der Waals surface area (Å²) in [5.41, 5.74) is -1.58. The molecular formula is C25H33ClF5N5O5S. The van der Waals surface area contributed by atoms with E-state index in [9.17, 15) is 31.9 Å². The minimum atomic E-state index is -4.47. The standard InChI is InChI=1S/C25H33ClF5N5O3.O2S/c1-5-36-21(19(26)20(35-36)22(38)33-10-14-7-6-13(2)8-16(14)37)15-11-32-18(9-17(15)39-23(27)28)34-24(3,4)12-25(29,30)31;1-3-2/h9,11,13-14,16,23,37H,5-8,10,12H2,1-4H3,(H,32,34)(H,33,38);/t13-,14+,16-;/m1./s1. The fourth-order valence-electron chi connectivity index (χ4n) is 4.80. The number of rotatable bonds is 10. The van der Waals surface area contributed by atoms with Crippen molar-refractivity contribution in [3.8, 4) is 17.0 Å². The van der Waals surface area contributed by atoms with Crippen LogP contribution in [0.2, 0.25) is 5.02 Å². The van der Waals surface area contributed by atoms with Gasteiger partial charge in [-0.1, -0.05) is 24.9 Å². The van der Waals surface area contributed by atoms with E-state index in [0.29, 0.717) is 12.3 Å². The number of aromatic nitrogens is 3. The van der Waals surface area contributed by atoms with Crippen molar-refractivity contribution in [2.24, 2.45) is 11.8 Å². The molecule has 1 aliphatic carbocycles. The molecule has 1 saturated carbocycles. The number of aliphatic hydroxyl groups is 1. The van der Waals surface area contributed by atoms with Crippen LogP contribution in [0, 0.1) is 11.8 Å². The number of hydrogen-bond acceptors (Lipinski definition) is 8. The number of halogens is 6. The molecule has 0 aliphatic heterocycles. The van der Waals surface area contributed by atoms with Crippen molar-refractivity contribution in [2.45, 2.75) is 84.4 Å². The van der Waals surface area contributed by atoms with Crippen molar-refractivity contribution in [1.29, 1.82) is 0 Å². The molecule has 2 aromatic heterocycles. The van der Waals surface area contributed by atoms with Crippen molar-refractivity contribution < 1.29 is 45.0 Å². The maximum absolute atomic E-state index is 13.3. The van der Waals surface area contributed by atoms with Crippen LogP contribution in [0.5, 0.6) is 5.75 Å². The van der Waals surface area contributed by atoms with E-state index in [-0.39, 0.29) is 46.8 Å². The van der Waals surface area contributed by atoms with E-state index >= 15 is 0 Å². The molecule has 0 bridgehead atoms. The normalized spacial score (nSPS) is 19.1.